The number of likely N-dealkylation sites (tertiary alicyclic amines) is 1. The molecular formula is C17H18N4O3. The minimum atomic E-state index is -0.298. The zero-order valence-corrected chi connectivity index (χ0v) is 13.2. The molecule has 0 aromatic carbocycles. The lowest BCUT2D eigenvalue weighted by Crippen LogP contribution is -2.67. The van der Waals surface area contributed by atoms with Crippen LogP contribution in [0.25, 0.3) is 0 Å². The molecule has 4 rings (SSSR count). The Morgan fingerprint density at radius 2 is 2.17 bits per heavy atom. The number of carbonyl (C=O) groups excluding carboxylic acids is 1. The van der Waals surface area contributed by atoms with Crippen molar-refractivity contribution in [3.05, 3.63) is 48.4 Å². The molecule has 1 atom stereocenters. The van der Waals surface area contributed by atoms with Gasteiger partial charge in [-0.1, -0.05) is 6.07 Å². The summed E-state index contributed by atoms with van der Waals surface area (Å²) in [6, 6.07) is 7.30. The van der Waals surface area contributed by atoms with E-state index in [4.69, 9.17) is 9.47 Å². The fourth-order valence-electron chi connectivity index (χ4n) is 3.28. The molecule has 7 heteroatoms. The van der Waals surface area contributed by atoms with E-state index in [1.54, 1.807) is 17.2 Å². The summed E-state index contributed by atoms with van der Waals surface area (Å²) < 4.78 is 11.9. The first-order valence-electron chi connectivity index (χ1n) is 8.02. The van der Waals surface area contributed by atoms with Gasteiger partial charge in [-0.25, -0.2) is 4.98 Å². The Balaban J connectivity index is 1.36. The fourth-order valence-corrected chi connectivity index (χ4v) is 3.28. The molecule has 2 aromatic heterocycles. The Morgan fingerprint density at radius 1 is 1.25 bits per heavy atom. The molecule has 1 spiro atoms. The smallest absolute Gasteiger partial charge is 0.255 e. The van der Waals surface area contributed by atoms with Crippen LogP contribution < -0.4 is 4.74 Å². The molecule has 2 aliphatic rings. The van der Waals surface area contributed by atoms with E-state index in [9.17, 15) is 4.79 Å². The monoisotopic (exact) mass is 326 g/mol. The third kappa shape index (κ3) is 2.94. The first-order valence-corrected chi connectivity index (χ1v) is 8.02. The molecular weight excluding hydrogens is 308 g/mol. The first kappa shape index (κ1) is 15.0. The van der Waals surface area contributed by atoms with Crippen molar-refractivity contribution in [3.8, 4) is 5.88 Å². The average Bonchev–Trinajstić information content (AvgIpc) is 2.61. The van der Waals surface area contributed by atoms with Gasteiger partial charge < -0.3 is 14.4 Å². The number of rotatable bonds is 3. The third-order valence-corrected chi connectivity index (χ3v) is 4.45. The zero-order valence-electron chi connectivity index (χ0n) is 13.2. The van der Waals surface area contributed by atoms with Crippen molar-refractivity contribution < 1.29 is 14.3 Å². The highest BCUT2D eigenvalue weighted by Gasteiger charge is 2.50. The van der Waals surface area contributed by atoms with Crippen LogP contribution in [0.15, 0.2) is 42.9 Å². The maximum atomic E-state index is 12.4. The van der Waals surface area contributed by atoms with E-state index in [-0.39, 0.29) is 17.6 Å². The molecule has 0 radical (unpaired) electrons. The summed E-state index contributed by atoms with van der Waals surface area (Å²) in [6.45, 7) is 1.79. The molecule has 2 saturated heterocycles. The quantitative estimate of drug-likeness (QED) is 0.847. The minimum Gasteiger partial charge on any atom is -0.474 e. The second-order valence-corrected chi connectivity index (χ2v) is 6.22. The third-order valence-electron chi connectivity index (χ3n) is 4.45. The zero-order chi connectivity index (χ0) is 16.4. The van der Waals surface area contributed by atoms with Gasteiger partial charge >= 0.3 is 0 Å². The van der Waals surface area contributed by atoms with Crippen LogP contribution >= 0.6 is 0 Å². The van der Waals surface area contributed by atoms with Crippen LogP contribution in [0.3, 0.4) is 0 Å². The van der Waals surface area contributed by atoms with E-state index >= 15 is 0 Å². The number of hydrogen-bond donors (Lipinski definition) is 0. The molecule has 1 amide bonds. The van der Waals surface area contributed by atoms with Crippen molar-refractivity contribution in [2.24, 2.45) is 0 Å². The summed E-state index contributed by atoms with van der Waals surface area (Å²) in [5, 5.41) is 7.45. The van der Waals surface area contributed by atoms with Crippen molar-refractivity contribution in [2.75, 3.05) is 19.7 Å². The number of ether oxygens (including phenoxy) is 2. The SMILES string of the molecule is O=C(c1ccnnc1)N1CC2(C[C@H](Oc3ccccn3)CCO2)C1. The van der Waals surface area contributed by atoms with E-state index < -0.39 is 0 Å². The predicted molar refractivity (Wildman–Crippen MR) is 84.5 cm³/mol. The van der Waals surface area contributed by atoms with E-state index in [0.29, 0.717) is 31.1 Å². The molecule has 4 heterocycles. The lowest BCUT2D eigenvalue weighted by Gasteiger charge is -2.52. The summed E-state index contributed by atoms with van der Waals surface area (Å²) in [6.07, 6.45) is 6.39. The minimum absolute atomic E-state index is 0.0353. The van der Waals surface area contributed by atoms with Gasteiger partial charge in [0.2, 0.25) is 5.88 Å². The van der Waals surface area contributed by atoms with Crippen LogP contribution in [0, 0.1) is 0 Å². The van der Waals surface area contributed by atoms with E-state index in [0.717, 1.165) is 12.8 Å². The summed E-state index contributed by atoms with van der Waals surface area (Å²) in [5.41, 5.74) is 0.255. The lowest BCUT2D eigenvalue weighted by atomic mass is 9.84. The number of aromatic nitrogens is 3. The Morgan fingerprint density at radius 3 is 2.92 bits per heavy atom. The topological polar surface area (TPSA) is 77.4 Å². The summed E-state index contributed by atoms with van der Waals surface area (Å²) in [5.74, 6) is 0.599. The highest BCUT2D eigenvalue weighted by molar-refractivity contribution is 5.94. The largest absolute Gasteiger partial charge is 0.474 e. The number of pyridine rings is 1. The van der Waals surface area contributed by atoms with Gasteiger partial charge in [0.15, 0.2) is 0 Å². The second-order valence-electron chi connectivity index (χ2n) is 6.22. The lowest BCUT2D eigenvalue weighted by molar-refractivity contribution is -0.174. The molecule has 0 aliphatic carbocycles. The van der Waals surface area contributed by atoms with E-state index in [2.05, 4.69) is 15.2 Å². The Labute approximate surface area is 139 Å². The predicted octanol–water partition coefficient (Wildman–Crippen LogP) is 1.32. The molecule has 0 N–H and O–H groups in total. The molecule has 2 aromatic rings. The molecule has 2 fully saturated rings. The number of hydrogen-bond acceptors (Lipinski definition) is 6. The molecule has 7 nitrogen and oxygen atoms in total. The van der Waals surface area contributed by atoms with Crippen LogP contribution in [0.1, 0.15) is 23.2 Å². The van der Waals surface area contributed by atoms with Gasteiger partial charge in [-0.2, -0.15) is 10.2 Å². The van der Waals surface area contributed by atoms with Gasteiger partial charge in [-0.3, -0.25) is 4.79 Å². The van der Waals surface area contributed by atoms with Crippen LogP contribution in [0.2, 0.25) is 0 Å². The summed E-state index contributed by atoms with van der Waals surface area (Å²) in [7, 11) is 0. The van der Waals surface area contributed by atoms with E-state index in [1.165, 1.54) is 12.4 Å². The Bertz CT molecular complexity index is 704. The van der Waals surface area contributed by atoms with Crippen molar-refractivity contribution in [1.82, 2.24) is 20.1 Å². The Hall–Kier alpha value is -2.54. The molecule has 0 unspecified atom stereocenters. The van der Waals surface area contributed by atoms with Crippen molar-refractivity contribution in [3.63, 3.8) is 0 Å². The first-order chi connectivity index (χ1) is 11.7. The number of nitrogens with zero attached hydrogens (tertiary/aromatic N) is 4. The van der Waals surface area contributed by atoms with Crippen LogP contribution in [0.5, 0.6) is 5.88 Å². The molecule has 24 heavy (non-hydrogen) atoms. The second kappa shape index (κ2) is 6.16. The van der Waals surface area contributed by atoms with Crippen LogP contribution in [-0.2, 0) is 4.74 Å². The van der Waals surface area contributed by atoms with Gasteiger partial charge in [0, 0.05) is 25.1 Å². The maximum Gasteiger partial charge on any atom is 0.255 e. The number of carbonyl (C=O) groups is 1. The van der Waals surface area contributed by atoms with Crippen molar-refractivity contribution >= 4 is 5.91 Å². The van der Waals surface area contributed by atoms with Crippen LogP contribution in [0.4, 0.5) is 0 Å². The maximum absolute atomic E-state index is 12.4. The highest BCUT2D eigenvalue weighted by atomic mass is 16.5. The molecule has 124 valence electrons. The Kier molecular flexibility index (Phi) is 3.86. The van der Waals surface area contributed by atoms with Crippen LogP contribution in [-0.4, -0.2) is 57.4 Å². The molecule has 0 saturated carbocycles. The van der Waals surface area contributed by atoms with Gasteiger partial charge in [0.25, 0.3) is 5.91 Å². The normalized spacial score (nSPS) is 22.0. The molecule has 0 bridgehead atoms. The molecule has 2 aliphatic heterocycles. The fraction of sp³-hybridized carbons (Fsp3) is 0.412. The van der Waals surface area contributed by atoms with Crippen molar-refractivity contribution in [1.29, 1.82) is 0 Å². The summed E-state index contributed by atoms with van der Waals surface area (Å²) in [4.78, 5) is 18.4. The van der Waals surface area contributed by atoms with Gasteiger partial charge in [0.05, 0.1) is 37.7 Å². The van der Waals surface area contributed by atoms with Gasteiger partial charge in [-0.05, 0) is 12.1 Å². The number of amides is 1. The summed E-state index contributed by atoms with van der Waals surface area (Å²) >= 11 is 0. The van der Waals surface area contributed by atoms with Gasteiger partial charge in [-0.15, -0.1) is 0 Å². The van der Waals surface area contributed by atoms with Crippen molar-refractivity contribution in [2.45, 2.75) is 24.5 Å². The standard InChI is InChI=1S/C17H18N4O3/c22-16(13-4-7-19-20-10-13)21-11-17(12-21)9-14(5-8-23-17)24-15-3-1-2-6-18-15/h1-4,6-7,10,14H,5,8-9,11-12H2/t14-/m1/s1. The average molecular weight is 326 g/mol. The van der Waals surface area contributed by atoms with Gasteiger partial charge in [0.1, 0.15) is 11.7 Å². The van der Waals surface area contributed by atoms with E-state index in [1.807, 2.05) is 18.2 Å². The highest BCUT2D eigenvalue weighted by Crippen LogP contribution is 2.36.